The quantitative estimate of drug-likeness (QED) is 0.780. The average Bonchev–Trinajstić information content (AvgIpc) is 2.69. The van der Waals surface area contributed by atoms with Gasteiger partial charge in [0.25, 0.3) is 0 Å². The van der Waals surface area contributed by atoms with Crippen LogP contribution in [0.15, 0.2) is 29.2 Å². The summed E-state index contributed by atoms with van der Waals surface area (Å²) in [5, 5.41) is 2.37. The SMILES string of the molecule is O=C1CNC(=O)N1C1CN(S(=O)(=O)c2ccccc2F)C1. The molecule has 1 aromatic carbocycles. The topological polar surface area (TPSA) is 86.8 Å². The van der Waals surface area contributed by atoms with Gasteiger partial charge < -0.3 is 5.32 Å². The molecule has 21 heavy (non-hydrogen) atoms. The average molecular weight is 313 g/mol. The number of hydrogen-bond donors (Lipinski definition) is 1. The molecule has 0 aliphatic carbocycles. The molecule has 0 unspecified atom stereocenters. The molecular weight excluding hydrogens is 301 g/mol. The molecular formula is C12H12FN3O4S. The van der Waals surface area contributed by atoms with Crippen LogP contribution >= 0.6 is 0 Å². The number of benzene rings is 1. The van der Waals surface area contributed by atoms with E-state index in [0.29, 0.717) is 0 Å². The van der Waals surface area contributed by atoms with E-state index >= 15 is 0 Å². The fraction of sp³-hybridized carbons (Fsp3) is 0.333. The molecule has 0 spiro atoms. The molecule has 3 amide bonds. The van der Waals surface area contributed by atoms with Gasteiger partial charge in [-0.1, -0.05) is 12.1 Å². The fourth-order valence-electron chi connectivity index (χ4n) is 2.37. The van der Waals surface area contributed by atoms with Crippen molar-refractivity contribution in [2.75, 3.05) is 19.6 Å². The van der Waals surface area contributed by atoms with Gasteiger partial charge in [0.05, 0.1) is 12.6 Å². The van der Waals surface area contributed by atoms with E-state index in [4.69, 9.17) is 0 Å². The molecule has 3 rings (SSSR count). The summed E-state index contributed by atoms with van der Waals surface area (Å²) >= 11 is 0. The summed E-state index contributed by atoms with van der Waals surface area (Å²) in [6.45, 7) is -0.110. The molecule has 1 aromatic rings. The van der Waals surface area contributed by atoms with E-state index in [9.17, 15) is 22.4 Å². The van der Waals surface area contributed by atoms with Gasteiger partial charge in [-0.2, -0.15) is 4.31 Å². The molecule has 0 radical (unpaired) electrons. The number of carbonyl (C=O) groups is 2. The van der Waals surface area contributed by atoms with Crippen molar-refractivity contribution in [1.82, 2.24) is 14.5 Å². The van der Waals surface area contributed by atoms with Crippen LogP contribution in [0.3, 0.4) is 0 Å². The van der Waals surface area contributed by atoms with E-state index in [1.54, 1.807) is 0 Å². The molecule has 0 saturated carbocycles. The minimum absolute atomic E-state index is 0.0180. The Labute approximate surface area is 120 Å². The van der Waals surface area contributed by atoms with Gasteiger partial charge in [-0.15, -0.1) is 0 Å². The second-order valence-corrected chi connectivity index (χ2v) is 6.74. The molecule has 112 valence electrons. The van der Waals surface area contributed by atoms with Gasteiger partial charge in [0.15, 0.2) is 0 Å². The largest absolute Gasteiger partial charge is 0.329 e. The van der Waals surface area contributed by atoms with Crippen LogP contribution in [0.1, 0.15) is 0 Å². The van der Waals surface area contributed by atoms with Crippen molar-refractivity contribution in [3.05, 3.63) is 30.1 Å². The lowest BCUT2D eigenvalue weighted by Crippen LogP contribution is -2.62. The number of halogens is 1. The Morgan fingerprint density at radius 1 is 1.19 bits per heavy atom. The Morgan fingerprint density at radius 3 is 2.43 bits per heavy atom. The first-order valence-corrected chi connectivity index (χ1v) is 7.70. The maximum absolute atomic E-state index is 13.6. The van der Waals surface area contributed by atoms with E-state index in [2.05, 4.69) is 5.32 Å². The summed E-state index contributed by atoms with van der Waals surface area (Å²) in [7, 11) is -3.94. The van der Waals surface area contributed by atoms with E-state index in [-0.39, 0.29) is 25.5 Å². The van der Waals surface area contributed by atoms with Crippen LogP contribution in [-0.4, -0.2) is 55.2 Å². The van der Waals surface area contributed by atoms with Crippen LogP contribution in [0, 0.1) is 5.82 Å². The molecule has 2 fully saturated rings. The van der Waals surface area contributed by atoms with Crippen molar-refractivity contribution in [2.24, 2.45) is 0 Å². The standard InChI is InChI=1S/C12H12FN3O4S/c13-9-3-1-2-4-10(9)21(19,20)15-6-8(7-15)16-11(17)5-14-12(16)18/h1-4,8H,5-7H2,(H,14,18). The highest BCUT2D eigenvalue weighted by atomic mass is 32.2. The molecule has 0 aromatic heterocycles. The highest BCUT2D eigenvalue weighted by Crippen LogP contribution is 2.26. The van der Waals surface area contributed by atoms with Crippen molar-refractivity contribution in [3.63, 3.8) is 0 Å². The number of sulfonamides is 1. The van der Waals surface area contributed by atoms with Crippen molar-refractivity contribution in [2.45, 2.75) is 10.9 Å². The lowest BCUT2D eigenvalue weighted by atomic mass is 10.1. The smallest absolute Gasteiger partial charge is 0.324 e. The highest BCUT2D eigenvalue weighted by molar-refractivity contribution is 7.89. The van der Waals surface area contributed by atoms with Crippen LogP contribution in [-0.2, 0) is 14.8 Å². The second-order valence-electron chi connectivity index (χ2n) is 4.83. The van der Waals surface area contributed by atoms with Gasteiger partial charge in [0, 0.05) is 13.1 Å². The summed E-state index contributed by atoms with van der Waals surface area (Å²) in [4.78, 5) is 23.6. The lowest BCUT2D eigenvalue weighted by molar-refractivity contribution is -0.128. The molecule has 2 aliphatic heterocycles. The number of urea groups is 1. The summed E-state index contributed by atoms with van der Waals surface area (Å²) in [5.74, 6) is -1.20. The summed E-state index contributed by atoms with van der Waals surface area (Å²) in [6, 6.07) is 4.08. The molecule has 0 bridgehead atoms. The molecule has 2 saturated heterocycles. The molecule has 2 heterocycles. The first-order valence-electron chi connectivity index (χ1n) is 6.26. The van der Waals surface area contributed by atoms with Crippen LogP contribution in [0.2, 0.25) is 0 Å². The summed E-state index contributed by atoms with van der Waals surface area (Å²) in [6.07, 6.45) is 0. The lowest BCUT2D eigenvalue weighted by Gasteiger charge is -2.41. The zero-order chi connectivity index (χ0) is 15.2. The minimum Gasteiger partial charge on any atom is -0.329 e. The molecule has 2 aliphatic rings. The first-order chi connectivity index (χ1) is 9.91. The third-order valence-electron chi connectivity index (χ3n) is 3.53. The maximum atomic E-state index is 13.6. The van der Waals surface area contributed by atoms with Crippen molar-refractivity contribution >= 4 is 22.0 Å². The predicted octanol–water partition coefficient (Wildman–Crippen LogP) is -0.250. The van der Waals surface area contributed by atoms with Gasteiger partial charge in [-0.25, -0.2) is 17.6 Å². The number of amides is 3. The monoisotopic (exact) mass is 313 g/mol. The molecule has 7 nitrogen and oxygen atoms in total. The van der Waals surface area contributed by atoms with Crippen molar-refractivity contribution < 1.29 is 22.4 Å². The van der Waals surface area contributed by atoms with Gasteiger partial charge >= 0.3 is 6.03 Å². The number of nitrogens with zero attached hydrogens (tertiary/aromatic N) is 2. The number of nitrogens with one attached hydrogen (secondary N) is 1. The van der Waals surface area contributed by atoms with Gasteiger partial charge in [0.2, 0.25) is 15.9 Å². The van der Waals surface area contributed by atoms with Crippen molar-refractivity contribution in [3.8, 4) is 0 Å². The highest BCUT2D eigenvalue weighted by Gasteiger charge is 2.46. The van der Waals surface area contributed by atoms with E-state index in [1.807, 2.05) is 0 Å². The summed E-state index contributed by atoms with van der Waals surface area (Å²) in [5.41, 5.74) is 0. The Morgan fingerprint density at radius 2 is 1.86 bits per heavy atom. The molecule has 9 heteroatoms. The molecule has 1 N–H and O–H groups in total. The van der Waals surface area contributed by atoms with Crippen LogP contribution in [0.25, 0.3) is 0 Å². The number of hydrogen-bond acceptors (Lipinski definition) is 4. The Kier molecular flexibility index (Phi) is 3.18. The zero-order valence-electron chi connectivity index (χ0n) is 10.8. The Hall–Kier alpha value is -2.00. The minimum atomic E-state index is -3.94. The van der Waals surface area contributed by atoms with E-state index < -0.39 is 32.8 Å². The van der Waals surface area contributed by atoms with Crippen LogP contribution < -0.4 is 5.32 Å². The van der Waals surface area contributed by atoms with E-state index in [1.165, 1.54) is 18.2 Å². The first kappa shape index (κ1) is 14.0. The summed E-state index contributed by atoms with van der Waals surface area (Å²) < 4.78 is 39.1. The van der Waals surface area contributed by atoms with Crippen LogP contribution in [0.4, 0.5) is 9.18 Å². The third-order valence-corrected chi connectivity index (χ3v) is 5.39. The number of rotatable bonds is 3. The van der Waals surface area contributed by atoms with Gasteiger partial charge in [-0.05, 0) is 12.1 Å². The number of imide groups is 1. The Bertz CT molecular complexity index is 699. The van der Waals surface area contributed by atoms with Gasteiger partial charge in [0.1, 0.15) is 10.7 Å². The third kappa shape index (κ3) is 2.18. The molecule has 0 atom stereocenters. The Balaban J connectivity index is 1.75. The normalized spacial score (nSPS) is 20.5. The van der Waals surface area contributed by atoms with Gasteiger partial charge in [-0.3, -0.25) is 9.69 Å². The van der Waals surface area contributed by atoms with Crippen LogP contribution in [0.5, 0.6) is 0 Å². The van der Waals surface area contributed by atoms with E-state index in [0.717, 1.165) is 15.3 Å². The number of carbonyl (C=O) groups excluding carboxylic acids is 2. The second kappa shape index (κ2) is 4.78. The maximum Gasteiger partial charge on any atom is 0.324 e. The zero-order valence-corrected chi connectivity index (χ0v) is 11.6. The van der Waals surface area contributed by atoms with Crippen molar-refractivity contribution in [1.29, 1.82) is 0 Å². The fourth-order valence-corrected chi connectivity index (χ4v) is 3.95. The predicted molar refractivity (Wildman–Crippen MR) is 69.2 cm³/mol.